The van der Waals surface area contributed by atoms with Crippen LogP contribution >= 0.6 is 0 Å². The van der Waals surface area contributed by atoms with E-state index in [1.165, 1.54) is 52.7 Å². The lowest BCUT2D eigenvalue weighted by atomic mass is 10.2. The number of carbonyl (C=O) groups excluding carboxylic acids is 2. The Morgan fingerprint density at radius 3 is 1.12 bits per heavy atom. The van der Waals surface area contributed by atoms with Gasteiger partial charge < -0.3 is 29.2 Å². The first kappa shape index (κ1) is 20.6. The van der Waals surface area contributed by atoms with Gasteiger partial charge in [-0.1, -0.05) is 0 Å². The highest BCUT2D eigenvalue weighted by atomic mass is 16.5. The smallest absolute Gasteiger partial charge is 0.164 e. The molecule has 2 aromatic carbocycles. The SMILES string of the molecule is COc1cc(O)c(C=O)cc1OC.COc1cc(O)c(C=O)cc1OC. The van der Waals surface area contributed by atoms with E-state index in [4.69, 9.17) is 18.9 Å². The van der Waals surface area contributed by atoms with Crippen molar-refractivity contribution >= 4 is 12.6 Å². The van der Waals surface area contributed by atoms with Gasteiger partial charge in [0.05, 0.1) is 39.6 Å². The fourth-order valence-electron chi connectivity index (χ4n) is 1.96. The average molecular weight is 364 g/mol. The molecule has 0 amide bonds. The van der Waals surface area contributed by atoms with Gasteiger partial charge in [0, 0.05) is 12.1 Å². The van der Waals surface area contributed by atoms with Gasteiger partial charge in [-0.2, -0.15) is 0 Å². The van der Waals surface area contributed by atoms with E-state index in [1.807, 2.05) is 0 Å². The summed E-state index contributed by atoms with van der Waals surface area (Å²) in [6, 6.07) is 5.51. The van der Waals surface area contributed by atoms with E-state index in [-0.39, 0.29) is 22.6 Å². The lowest BCUT2D eigenvalue weighted by Gasteiger charge is -2.08. The summed E-state index contributed by atoms with van der Waals surface area (Å²) in [7, 11) is 5.84. The molecule has 2 aromatic rings. The van der Waals surface area contributed by atoms with Gasteiger partial charge in [0.25, 0.3) is 0 Å². The zero-order chi connectivity index (χ0) is 19.7. The average Bonchev–Trinajstić information content (AvgIpc) is 2.67. The van der Waals surface area contributed by atoms with Crippen LogP contribution in [0.5, 0.6) is 34.5 Å². The van der Waals surface area contributed by atoms with Crippen LogP contribution < -0.4 is 18.9 Å². The highest BCUT2D eigenvalue weighted by molar-refractivity contribution is 5.81. The highest BCUT2D eigenvalue weighted by Gasteiger charge is 2.10. The zero-order valence-corrected chi connectivity index (χ0v) is 14.8. The van der Waals surface area contributed by atoms with Crippen molar-refractivity contribution in [3.63, 3.8) is 0 Å². The van der Waals surface area contributed by atoms with Gasteiger partial charge in [-0.3, -0.25) is 9.59 Å². The van der Waals surface area contributed by atoms with E-state index in [0.717, 1.165) is 0 Å². The molecule has 8 heteroatoms. The molecular formula is C18H20O8. The second-order valence-electron chi connectivity index (χ2n) is 4.77. The molecule has 0 spiro atoms. The Balaban J connectivity index is 0.000000260. The van der Waals surface area contributed by atoms with Crippen LogP contribution in [-0.2, 0) is 0 Å². The van der Waals surface area contributed by atoms with Crippen molar-refractivity contribution < 1.29 is 38.7 Å². The molecular weight excluding hydrogens is 344 g/mol. The molecule has 0 saturated carbocycles. The van der Waals surface area contributed by atoms with E-state index in [9.17, 15) is 19.8 Å². The van der Waals surface area contributed by atoms with Crippen LogP contribution in [0.25, 0.3) is 0 Å². The van der Waals surface area contributed by atoms with Gasteiger partial charge in [0.2, 0.25) is 0 Å². The fraction of sp³-hybridized carbons (Fsp3) is 0.222. The second kappa shape index (κ2) is 9.77. The van der Waals surface area contributed by atoms with Gasteiger partial charge in [-0.05, 0) is 12.1 Å². The molecule has 0 aliphatic heterocycles. The van der Waals surface area contributed by atoms with Crippen LogP contribution in [0, 0.1) is 0 Å². The van der Waals surface area contributed by atoms with Crippen LogP contribution in [-0.4, -0.2) is 51.2 Å². The summed E-state index contributed by atoms with van der Waals surface area (Å²) >= 11 is 0. The predicted molar refractivity (Wildman–Crippen MR) is 93.2 cm³/mol. The zero-order valence-electron chi connectivity index (χ0n) is 14.8. The second-order valence-corrected chi connectivity index (χ2v) is 4.77. The van der Waals surface area contributed by atoms with Crippen molar-refractivity contribution in [2.75, 3.05) is 28.4 Å². The summed E-state index contributed by atoms with van der Waals surface area (Å²) in [5, 5.41) is 18.6. The molecule has 0 fully saturated rings. The number of carbonyl (C=O) groups is 2. The molecule has 8 nitrogen and oxygen atoms in total. The summed E-state index contributed by atoms with van der Waals surface area (Å²) < 4.78 is 19.7. The van der Waals surface area contributed by atoms with Gasteiger partial charge in [-0.15, -0.1) is 0 Å². The summed E-state index contributed by atoms with van der Waals surface area (Å²) in [6.07, 6.45) is 1.11. The third kappa shape index (κ3) is 4.79. The number of rotatable bonds is 6. The van der Waals surface area contributed by atoms with E-state index in [2.05, 4.69) is 0 Å². The molecule has 2 rings (SSSR count). The maximum absolute atomic E-state index is 10.4. The van der Waals surface area contributed by atoms with E-state index < -0.39 is 0 Å². The van der Waals surface area contributed by atoms with Crippen molar-refractivity contribution in [2.45, 2.75) is 0 Å². The number of hydrogen-bond acceptors (Lipinski definition) is 8. The number of benzene rings is 2. The van der Waals surface area contributed by atoms with Crippen molar-refractivity contribution in [3.05, 3.63) is 35.4 Å². The molecule has 0 radical (unpaired) electrons. The number of methoxy groups -OCH3 is 4. The molecule has 2 N–H and O–H groups in total. The quantitative estimate of drug-likeness (QED) is 0.752. The molecule has 0 unspecified atom stereocenters. The lowest BCUT2D eigenvalue weighted by molar-refractivity contribution is 0.111. The standard InChI is InChI=1S/2C9H10O4/c2*1-12-8-3-6(5-10)7(11)4-9(8)13-2/h2*3-5,11H,1-2H3. The third-order valence-corrected chi connectivity index (χ3v) is 3.32. The topological polar surface area (TPSA) is 112 Å². The van der Waals surface area contributed by atoms with Crippen molar-refractivity contribution in [1.29, 1.82) is 0 Å². The number of ether oxygens (including phenoxy) is 4. The first-order valence-corrected chi connectivity index (χ1v) is 7.25. The number of phenolic OH excluding ortho intramolecular Hbond substituents is 2. The largest absolute Gasteiger partial charge is 0.507 e. The van der Waals surface area contributed by atoms with Crippen LogP contribution in [0.4, 0.5) is 0 Å². The number of hydrogen-bond donors (Lipinski definition) is 2. The van der Waals surface area contributed by atoms with E-state index >= 15 is 0 Å². The number of phenols is 2. The molecule has 140 valence electrons. The summed E-state index contributed by atoms with van der Waals surface area (Å²) in [4.78, 5) is 20.9. The summed E-state index contributed by atoms with van der Waals surface area (Å²) in [5.41, 5.74) is 0.357. The lowest BCUT2D eigenvalue weighted by Crippen LogP contribution is -1.92. The summed E-state index contributed by atoms with van der Waals surface area (Å²) in [5.74, 6) is 1.39. The Bertz CT molecular complexity index is 705. The van der Waals surface area contributed by atoms with Crippen molar-refractivity contribution in [2.24, 2.45) is 0 Å². The first-order chi connectivity index (χ1) is 12.4. The predicted octanol–water partition coefficient (Wildman–Crippen LogP) is 2.44. The minimum absolute atomic E-state index is 0.118. The Labute approximate surface area is 150 Å². The van der Waals surface area contributed by atoms with Crippen LogP contribution in [0.3, 0.4) is 0 Å². The monoisotopic (exact) mass is 364 g/mol. The minimum Gasteiger partial charge on any atom is -0.507 e. The fourth-order valence-corrected chi connectivity index (χ4v) is 1.96. The van der Waals surface area contributed by atoms with Crippen LogP contribution in [0.1, 0.15) is 20.7 Å². The summed E-state index contributed by atoms with van der Waals surface area (Å²) in [6.45, 7) is 0. The highest BCUT2D eigenvalue weighted by Crippen LogP contribution is 2.33. The van der Waals surface area contributed by atoms with Gasteiger partial charge in [0.15, 0.2) is 35.6 Å². The Kier molecular flexibility index (Phi) is 7.75. The third-order valence-electron chi connectivity index (χ3n) is 3.32. The van der Waals surface area contributed by atoms with Gasteiger partial charge in [-0.25, -0.2) is 0 Å². The Morgan fingerprint density at radius 1 is 0.615 bits per heavy atom. The van der Waals surface area contributed by atoms with Crippen molar-refractivity contribution in [3.8, 4) is 34.5 Å². The van der Waals surface area contributed by atoms with Gasteiger partial charge in [0.1, 0.15) is 11.5 Å². The molecule has 0 aliphatic carbocycles. The van der Waals surface area contributed by atoms with E-state index in [0.29, 0.717) is 35.6 Å². The number of aldehydes is 2. The van der Waals surface area contributed by atoms with E-state index in [1.54, 1.807) is 0 Å². The van der Waals surface area contributed by atoms with Crippen LogP contribution in [0.15, 0.2) is 24.3 Å². The minimum atomic E-state index is -0.118. The Hall–Kier alpha value is -3.42. The van der Waals surface area contributed by atoms with Crippen molar-refractivity contribution in [1.82, 2.24) is 0 Å². The maximum Gasteiger partial charge on any atom is 0.164 e. The van der Waals surface area contributed by atoms with Gasteiger partial charge >= 0.3 is 0 Å². The normalized spacial score (nSPS) is 9.38. The van der Waals surface area contributed by atoms with Crippen LogP contribution in [0.2, 0.25) is 0 Å². The number of aromatic hydroxyl groups is 2. The molecule has 0 atom stereocenters. The molecule has 0 aliphatic rings. The first-order valence-electron chi connectivity index (χ1n) is 7.25. The Morgan fingerprint density at radius 2 is 0.885 bits per heavy atom. The molecule has 0 heterocycles. The molecule has 0 aromatic heterocycles. The molecule has 0 bridgehead atoms. The molecule has 26 heavy (non-hydrogen) atoms. The molecule has 0 saturated heterocycles. The maximum atomic E-state index is 10.4.